The van der Waals surface area contributed by atoms with E-state index in [0.29, 0.717) is 5.56 Å². The molecule has 0 radical (unpaired) electrons. The average Bonchev–Trinajstić information content (AvgIpc) is 2.87. The number of benzene rings is 3. The van der Waals surface area contributed by atoms with E-state index >= 15 is 0 Å². The first kappa shape index (κ1) is 24.9. The van der Waals surface area contributed by atoms with Crippen LogP contribution in [0.15, 0.2) is 72.8 Å². The SMILES string of the molecule is Cc1ccc(CCCc2ccc(C#Cc3ccc(C(=O)N[C@@H](CN)C(=O)CO)cc3)cc2)cc1. The number of aliphatic hydroxyl groups is 1. The monoisotopic (exact) mass is 454 g/mol. The van der Waals surface area contributed by atoms with E-state index < -0.39 is 24.3 Å². The molecule has 1 amide bonds. The summed E-state index contributed by atoms with van der Waals surface area (Å²) in [5.41, 5.74) is 11.5. The number of nitrogens with two attached hydrogens (primary N) is 1. The van der Waals surface area contributed by atoms with E-state index in [9.17, 15) is 9.59 Å². The summed E-state index contributed by atoms with van der Waals surface area (Å²) in [6, 6.07) is 22.9. The highest BCUT2D eigenvalue weighted by Gasteiger charge is 2.18. The first-order chi connectivity index (χ1) is 16.5. The van der Waals surface area contributed by atoms with Crippen molar-refractivity contribution in [3.05, 3.63) is 106 Å². The Morgan fingerprint density at radius 2 is 1.35 bits per heavy atom. The number of hydrogen-bond acceptors (Lipinski definition) is 4. The van der Waals surface area contributed by atoms with Crippen LogP contribution >= 0.6 is 0 Å². The van der Waals surface area contributed by atoms with Gasteiger partial charge in [-0.15, -0.1) is 0 Å². The summed E-state index contributed by atoms with van der Waals surface area (Å²) >= 11 is 0. The molecule has 0 aromatic heterocycles. The number of amides is 1. The van der Waals surface area contributed by atoms with E-state index in [0.717, 1.165) is 30.4 Å². The fraction of sp³-hybridized carbons (Fsp3) is 0.241. The van der Waals surface area contributed by atoms with Crippen molar-refractivity contribution >= 4 is 11.7 Å². The minimum Gasteiger partial charge on any atom is -0.388 e. The third-order valence-electron chi connectivity index (χ3n) is 5.59. The largest absolute Gasteiger partial charge is 0.388 e. The Bertz CT molecular complexity index is 1160. The zero-order valence-corrected chi connectivity index (χ0v) is 19.4. The maximum Gasteiger partial charge on any atom is 0.251 e. The summed E-state index contributed by atoms with van der Waals surface area (Å²) in [5.74, 6) is 5.32. The maximum atomic E-state index is 12.3. The summed E-state index contributed by atoms with van der Waals surface area (Å²) in [7, 11) is 0. The molecule has 4 N–H and O–H groups in total. The number of rotatable bonds is 9. The maximum absolute atomic E-state index is 12.3. The zero-order valence-electron chi connectivity index (χ0n) is 19.4. The molecule has 1 atom stereocenters. The van der Waals surface area contributed by atoms with Gasteiger partial charge in [-0.2, -0.15) is 0 Å². The summed E-state index contributed by atoms with van der Waals surface area (Å²) in [6.45, 7) is 1.37. The van der Waals surface area contributed by atoms with Gasteiger partial charge in [-0.3, -0.25) is 9.59 Å². The predicted molar refractivity (Wildman–Crippen MR) is 134 cm³/mol. The van der Waals surface area contributed by atoms with Crippen molar-refractivity contribution in [3.8, 4) is 11.8 Å². The number of carbonyl (C=O) groups is 2. The van der Waals surface area contributed by atoms with Crippen molar-refractivity contribution in [2.75, 3.05) is 13.2 Å². The Morgan fingerprint density at radius 3 is 1.85 bits per heavy atom. The lowest BCUT2D eigenvalue weighted by atomic mass is 10.0. The lowest BCUT2D eigenvalue weighted by Crippen LogP contribution is -2.46. The van der Waals surface area contributed by atoms with Crippen LogP contribution < -0.4 is 11.1 Å². The Kier molecular flexibility index (Phi) is 9.16. The lowest BCUT2D eigenvalue weighted by molar-refractivity contribution is -0.123. The molecule has 3 rings (SSSR count). The minimum absolute atomic E-state index is 0.0692. The minimum atomic E-state index is -0.900. The normalized spacial score (nSPS) is 11.3. The highest BCUT2D eigenvalue weighted by molar-refractivity contribution is 5.98. The molecule has 0 aliphatic carbocycles. The van der Waals surface area contributed by atoms with Crippen LogP contribution in [0.25, 0.3) is 0 Å². The molecule has 5 heteroatoms. The number of aryl methyl sites for hydroxylation is 3. The summed E-state index contributed by atoms with van der Waals surface area (Å²) in [6.07, 6.45) is 3.20. The number of hydrogen-bond donors (Lipinski definition) is 3. The molecule has 0 heterocycles. The van der Waals surface area contributed by atoms with Gasteiger partial charge in [0.25, 0.3) is 5.91 Å². The number of carbonyl (C=O) groups excluding carboxylic acids is 2. The fourth-order valence-corrected chi connectivity index (χ4v) is 3.48. The van der Waals surface area contributed by atoms with Gasteiger partial charge in [0.05, 0.1) is 0 Å². The third kappa shape index (κ3) is 7.41. The van der Waals surface area contributed by atoms with Gasteiger partial charge in [-0.05, 0) is 73.7 Å². The second-order valence-electron chi connectivity index (χ2n) is 8.25. The molecule has 3 aromatic carbocycles. The molecule has 0 saturated heterocycles. The second-order valence-corrected chi connectivity index (χ2v) is 8.25. The van der Waals surface area contributed by atoms with Gasteiger partial charge >= 0.3 is 0 Å². The van der Waals surface area contributed by atoms with E-state index in [1.807, 2.05) is 12.1 Å². The van der Waals surface area contributed by atoms with E-state index in [2.05, 4.69) is 60.5 Å². The van der Waals surface area contributed by atoms with Gasteiger partial charge < -0.3 is 16.2 Å². The number of ketones is 1. The molecule has 0 fully saturated rings. The molecule has 0 aliphatic rings. The van der Waals surface area contributed by atoms with Crippen LogP contribution in [0.2, 0.25) is 0 Å². The first-order valence-electron chi connectivity index (χ1n) is 11.4. The Labute approximate surface area is 201 Å². The van der Waals surface area contributed by atoms with E-state index in [1.165, 1.54) is 16.7 Å². The highest BCUT2D eigenvalue weighted by Crippen LogP contribution is 2.11. The van der Waals surface area contributed by atoms with Gasteiger partial charge in [0, 0.05) is 23.2 Å². The lowest BCUT2D eigenvalue weighted by Gasteiger charge is -2.14. The number of Topliss-reactive ketones (excluding diaryl/α,β-unsaturated/α-hetero) is 1. The van der Waals surface area contributed by atoms with Crippen molar-refractivity contribution in [2.24, 2.45) is 5.73 Å². The van der Waals surface area contributed by atoms with Crippen LogP contribution in [-0.2, 0) is 17.6 Å². The topological polar surface area (TPSA) is 92.4 Å². The molecular formula is C29H30N2O3. The summed E-state index contributed by atoms with van der Waals surface area (Å²) in [5, 5.41) is 11.5. The molecule has 0 unspecified atom stereocenters. The molecule has 174 valence electrons. The molecule has 0 saturated carbocycles. The molecule has 5 nitrogen and oxygen atoms in total. The summed E-state index contributed by atoms with van der Waals surface area (Å²) in [4.78, 5) is 23.9. The van der Waals surface area contributed by atoms with Gasteiger partial charge in [0.1, 0.15) is 12.6 Å². The smallest absolute Gasteiger partial charge is 0.251 e. The highest BCUT2D eigenvalue weighted by atomic mass is 16.3. The molecular weight excluding hydrogens is 424 g/mol. The standard InChI is InChI=1S/C29H30N2O3/c1-21-5-7-22(8-6-21)3-2-4-23-9-11-24(12-10-23)13-14-25-15-17-26(18-16-25)29(34)31-27(19-30)28(33)20-32/h5-12,15-18,27,32H,2-4,19-20,30H2,1H3,(H,31,34)/t27-/m0/s1. The van der Waals surface area contributed by atoms with Gasteiger partial charge in [-0.25, -0.2) is 0 Å². The van der Waals surface area contributed by atoms with Crippen molar-refractivity contribution in [3.63, 3.8) is 0 Å². The van der Waals surface area contributed by atoms with Crippen LogP contribution in [0.5, 0.6) is 0 Å². The third-order valence-corrected chi connectivity index (χ3v) is 5.59. The summed E-state index contributed by atoms with van der Waals surface area (Å²) < 4.78 is 0. The quantitative estimate of drug-likeness (QED) is 0.433. The Balaban J connectivity index is 1.52. The van der Waals surface area contributed by atoms with Crippen LogP contribution in [0.1, 0.15) is 44.6 Å². The molecule has 0 bridgehead atoms. The number of aliphatic hydroxyl groups excluding tert-OH is 1. The predicted octanol–water partition coefficient (Wildman–Crippen LogP) is 3.19. The van der Waals surface area contributed by atoms with Crippen molar-refractivity contribution in [1.29, 1.82) is 0 Å². The van der Waals surface area contributed by atoms with Gasteiger partial charge in [0.2, 0.25) is 0 Å². The van der Waals surface area contributed by atoms with E-state index in [-0.39, 0.29) is 6.54 Å². The zero-order chi connectivity index (χ0) is 24.3. The molecule has 0 spiro atoms. The van der Waals surface area contributed by atoms with Crippen molar-refractivity contribution < 1.29 is 14.7 Å². The molecule has 34 heavy (non-hydrogen) atoms. The fourth-order valence-electron chi connectivity index (χ4n) is 3.48. The van der Waals surface area contributed by atoms with Crippen LogP contribution in [0.4, 0.5) is 0 Å². The molecule has 3 aromatic rings. The van der Waals surface area contributed by atoms with Crippen molar-refractivity contribution in [2.45, 2.75) is 32.2 Å². The van der Waals surface area contributed by atoms with Gasteiger partial charge in [0.15, 0.2) is 5.78 Å². The number of nitrogens with one attached hydrogen (secondary N) is 1. The van der Waals surface area contributed by atoms with E-state index in [1.54, 1.807) is 24.3 Å². The molecule has 0 aliphatic heterocycles. The average molecular weight is 455 g/mol. The Morgan fingerprint density at radius 1 is 0.853 bits per heavy atom. The second kappa shape index (κ2) is 12.5. The van der Waals surface area contributed by atoms with Crippen LogP contribution in [0.3, 0.4) is 0 Å². The van der Waals surface area contributed by atoms with Crippen molar-refractivity contribution in [1.82, 2.24) is 5.32 Å². The Hall–Kier alpha value is -3.72. The van der Waals surface area contributed by atoms with Gasteiger partial charge in [-0.1, -0.05) is 53.8 Å². The van der Waals surface area contributed by atoms with Crippen LogP contribution in [0, 0.1) is 18.8 Å². The van der Waals surface area contributed by atoms with E-state index in [4.69, 9.17) is 10.8 Å². The first-order valence-corrected chi connectivity index (χ1v) is 11.4. The van der Waals surface area contributed by atoms with Crippen LogP contribution in [-0.4, -0.2) is 36.0 Å².